The Balaban J connectivity index is 1.63. The van der Waals surface area contributed by atoms with Gasteiger partial charge < -0.3 is 9.30 Å². The molecule has 0 saturated heterocycles. The summed E-state index contributed by atoms with van der Waals surface area (Å²) in [6, 6.07) is 18.2. The van der Waals surface area contributed by atoms with Gasteiger partial charge in [-0.05, 0) is 61.4 Å². The summed E-state index contributed by atoms with van der Waals surface area (Å²) in [5, 5.41) is 2.96. The van der Waals surface area contributed by atoms with Gasteiger partial charge in [-0.25, -0.2) is 0 Å². The zero-order valence-electron chi connectivity index (χ0n) is 15.6. The molecule has 0 radical (unpaired) electrons. The second kappa shape index (κ2) is 6.25. The van der Waals surface area contributed by atoms with Gasteiger partial charge in [-0.3, -0.25) is 4.79 Å². The summed E-state index contributed by atoms with van der Waals surface area (Å²) in [4.78, 5) is 12.7. The monoisotopic (exact) mass is 387 g/mol. The van der Waals surface area contributed by atoms with Crippen LogP contribution < -0.4 is 4.74 Å². The van der Waals surface area contributed by atoms with E-state index in [-0.39, 0.29) is 5.78 Å². The van der Waals surface area contributed by atoms with Crippen LogP contribution in [0.2, 0.25) is 5.02 Å². The van der Waals surface area contributed by atoms with Crippen molar-refractivity contribution in [3.8, 4) is 5.75 Å². The smallest absolute Gasteiger partial charge is 0.232 e. The molecule has 4 heteroatoms. The van der Waals surface area contributed by atoms with Crippen molar-refractivity contribution >= 4 is 45.3 Å². The van der Waals surface area contributed by atoms with E-state index in [1.807, 2.05) is 25.1 Å². The van der Waals surface area contributed by atoms with Gasteiger partial charge >= 0.3 is 0 Å². The molecule has 0 fully saturated rings. The maximum Gasteiger partial charge on any atom is 0.232 e. The molecule has 0 N–H and O–H groups in total. The van der Waals surface area contributed by atoms with Gasteiger partial charge in [-0.2, -0.15) is 0 Å². The number of benzene rings is 3. The first kappa shape index (κ1) is 17.1. The van der Waals surface area contributed by atoms with Crippen molar-refractivity contribution in [2.45, 2.75) is 20.4 Å². The molecule has 1 aliphatic heterocycles. The number of ketones is 1. The highest BCUT2D eigenvalue weighted by atomic mass is 35.5. The van der Waals surface area contributed by atoms with Crippen molar-refractivity contribution in [2.75, 3.05) is 0 Å². The summed E-state index contributed by atoms with van der Waals surface area (Å²) in [5.41, 5.74) is 4.75. The number of halogens is 1. The first-order chi connectivity index (χ1) is 13.6. The molecule has 0 amide bonds. The van der Waals surface area contributed by atoms with Crippen LogP contribution >= 0.6 is 11.6 Å². The van der Waals surface area contributed by atoms with E-state index in [0.717, 1.165) is 17.7 Å². The van der Waals surface area contributed by atoms with E-state index in [4.69, 9.17) is 16.3 Å². The van der Waals surface area contributed by atoms with Gasteiger partial charge in [0.1, 0.15) is 5.75 Å². The van der Waals surface area contributed by atoms with Crippen molar-refractivity contribution in [3.63, 3.8) is 0 Å². The first-order valence-electron chi connectivity index (χ1n) is 9.32. The van der Waals surface area contributed by atoms with Crippen molar-refractivity contribution < 1.29 is 9.53 Å². The number of carbonyl (C=O) groups is 1. The molecule has 138 valence electrons. The summed E-state index contributed by atoms with van der Waals surface area (Å²) in [6.07, 6.45) is 1.81. The fourth-order valence-electron chi connectivity index (χ4n) is 3.96. The van der Waals surface area contributed by atoms with Crippen LogP contribution in [0.3, 0.4) is 0 Å². The van der Waals surface area contributed by atoms with Crippen molar-refractivity contribution in [1.29, 1.82) is 0 Å². The number of para-hydroxylation sites is 1. The van der Waals surface area contributed by atoms with Gasteiger partial charge in [0.05, 0.1) is 5.56 Å². The van der Waals surface area contributed by atoms with Crippen LogP contribution in [-0.4, -0.2) is 10.4 Å². The van der Waals surface area contributed by atoms with Crippen LogP contribution in [-0.2, 0) is 6.54 Å². The number of Topliss-reactive ketones (excluding diaryl/α,β-unsaturated/α-hetero) is 1. The van der Waals surface area contributed by atoms with Crippen molar-refractivity contribution in [3.05, 3.63) is 82.1 Å². The molecule has 0 spiro atoms. The minimum atomic E-state index is -0.131. The Morgan fingerprint density at radius 3 is 2.64 bits per heavy atom. The molecule has 5 rings (SSSR count). The molecule has 3 nitrogen and oxygen atoms in total. The molecule has 0 bridgehead atoms. The van der Waals surface area contributed by atoms with Gasteiger partial charge in [-0.1, -0.05) is 35.9 Å². The Hall–Kier alpha value is -3.04. The summed E-state index contributed by atoms with van der Waals surface area (Å²) < 4.78 is 8.14. The van der Waals surface area contributed by atoms with Crippen LogP contribution in [0.1, 0.15) is 28.4 Å². The predicted octanol–water partition coefficient (Wildman–Crippen LogP) is 6.39. The molecule has 2 heterocycles. The highest BCUT2D eigenvalue weighted by Gasteiger charge is 2.28. The number of rotatable bonds is 2. The number of aromatic nitrogens is 1. The SMILES string of the molecule is CCn1c2ccccc2c2cc(/C=C3\Oc4cc(C)c(Cl)cc4C3=O)ccc21. The number of ether oxygens (including phenoxy) is 1. The minimum absolute atomic E-state index is 0.131. The summed E-state index contributed by atoms with van der Waals surface area (Å²) >= 11 is 6.17. The van der Waals surface area contributed by atoms with Gasteiger partial charge in [-0.15, -0.1) is 0 Å². The van der Waals surface area contributed by atoms with E-state index in [0.29, 0.717) is 22.1 Å². The van der Waals surface area contributed by atoms with Crippen LogP contribution in [0.15, 0.2) is 60.4 Å². The Labute approximate surface area is 167 Å². The fourth-order valence-corrected chi connectivity index (χ4v) is 4.13. The third-order valence-electron chi connectivity index (χ3n) is 5.36. The summed E-state index contributed by atoms with van der Waals surface area (Å²) in [7, 11) is 0. The molecule has 1 aromatic heterocycles. The van der Waals surface area contributed by atoms with E-state index in [1.165, 1.54) is 21.8 Å². The van der Waals surface area contributed by atoms with Crippen LogP contribution in [0.25, 0.3) is 27.9 Å². The maximum atomic E-state index is 12.7. The standard InChI is InChI=1S/C24H18ClNO2/c1-3-26-20-7-5-4-6-16(20)17-11-15(8-9-21(17)26)12-23-24(27)18-13-19(25)14(2)10-22(18)28-23/h4-13H,3H2,1-2H3/b23-12-. The Morgan fingerprint density at radius 2 is 1.82 bits per heavy atom. The normalized spacial score (nSPS) is 14.8. The maximum absolute atomic E-state index is 12.7. The number of carbonyl (C=O) groups excluding carboxylic acids is 1. The zero-order valence-corrected chi connectivity index (χ0v) is 16.4. The lowest BCUT2D eigenvalue weighted by molar-refractivity contribution is 0.101. The lowest BCUT2D eigenvalue weighted by atomic mass is 10.1. The number of fused-ring (bicyclic) bond motifs is 4. The minimum Gasteiger partial charge on any atom is -0.452 e. The zero-order chi connectivity index (χ0) is 19.4. The van der Waals surface area contributed by atoms with Crippen molar-refractivity contribution in [2.24, 2.45) is 0 Å². The third kappa shape index (κ3) is 2.47. The second-order valence-corrected chi connectivity index (χ2v) is 7.48. The number of nitrogens with zero attached hydrogens (tertiary/aromatic N) is 1. The van der Waals surface area contributed by atoms with E-state index < -0.39 is 0 Å². The van der Waals surface area contributed by atoms with Gasteiger partial charge in [0.25, 0.3) is 0 Å². The fraction of sp³-hybridized carbons (Fsp3) is 0.125. The van der Waals surface area contributed by atoms with Gasteiger partial charge in [0.15, 0.2) is 5.76 Å². The molecular weight excluding hydrogens is 370 g/mol. The quantitative estimate of drug-likeness (QED) is 0.373. The topological polar surface area (TPSA) is 31.2 Å². The molecule has 3 aromatic carbocycles. The predicted molar refractivity (Wildman–Crippen MR) is 114 cm³/mol. The molecule has 4 aromatic rings. The molecule has 0 aliphatic carbocycles. The summed E-state index contributed by atoms with van der Waals surface area (Å²) in [5.74, 6) is 0.769. The molecule has 28 heavy (non-hydrogen) atoms. The average Bonchev–Trinajstić information content (AvgIpc) is 3.17. The lowest BCUT2D eigenvalue weighted by Gasteiger charge is -2.03. The Morgan fingerprint density at radius 1 is 1.04 bits per heavy atom. The molecule has 0 saturated carbocycles. The number of allylic oxidation sites excluding steroid dienone is 1. The highest BCUT2D eigenvalue weighted by Crippen LogP contribution is 2.36. The number of hydrogen-bond acceptors (Lipinski definition) is 2. The lowest BCUT2D eigenvalue weighted by Crippen LogP contribution is -1.98. The molecule has 1 aliphatic rings. The highest BCUT2D eigenvalue weighted by molar-refractivity contribution is 6.32. The summed E-state index contributed by atoms with van der Waals surface area (Å²) in [6.45, 7) is 4.95. The molecular formula is C24H18ClNO2. The average molecular weight is 388 g/mol. The first-order valence-corrected chi connectivity index (χ1v) is 9.70. The largest absolute Gasteiger partial charge is 0.452 e. The van der Waals surface area contributed by atoms with Crippen molar-refractivity contribution in [1.82, 2.24) is 4.57 Å². The van der Waals surface area contributed by atoms with E-state index >= 15 is 0 Å². The Bertz CT molecular complexity index is 1310. The third-order valence-corrected chi connectivity index (χ3v) is 5.77. The van der Waals surface area contributed by atoms with Gasteiger partial charge in [0.2, 0.25) is 5.78 Å². The van der Waals surface area contributed by atoms with Gasteiger partial charge in [0, 0.05) is 33.4 Å². The van der Waals surface area contributed by atoms with Crippen LogP contribution in [0.4, 0.5) is 0 Å². The molecule has 0 unspecified atom stereocenters. The van der Waals surface area contributed by atoms with Crippen LogP contribution in [0, 0.1) is 6.92 Å². The Kier molecular flexibility index (Phi) is 3.81. The second-order valence-electron chi connectivity index (χ2n) is 7.08. The molecule has 0 atom stereocenters. The number of hydrogen-bond donors (Lipinski definition) is 0. The van der Waals surface area contributed by atoms with E-state index in [1.54, 1.807) is 6.07 Å². The van der Waals surface area contributed by atoms with E-state index in [2.05, 4.69) is 47.9 Å². The van der Waals surface area contributed by atoms with Crippen LogP contribution in [0.5, 0.6) is 5.75 Å². The number of aryl methyl sites for hydroxylation is 2. The van der Waals surface area contributed by atoms with E-state index in [9.17, 15) is 4.79 Å².